The Balaban J connectivity index is 1.42. The van der Waals surface area contributed by atoms with Crippen LogP contribution in [0.5, 0.6) is 0 Å². The maximum atomic E-state index is 12.6. The van der Waals surface area contributed by atoms with Crippen molar-refractivity contribution >= 4 is 22.6 Å². The number of hydrogen-bond acceptors (Lipinski definition) is 3. The molecule has 4 rings (SSSR count). The van der Waals surface area contributed by atoms with Crippen molar-refractivity contribution in [2.75, 3.05) is 13.1 Å². The van der Waals surface area contributed by atoms with Crippen LogP contribution in [0.1, 0.15) is 64.0 Å². The van der Waals surface area contributed by atoms with E-state index in [2.05, 4.69) is 35.9 Å². The number of hydrogen-bond donors (Lipinski definition) is 1. The van der Waals surface area contributed by atoms with Crippen molar-refractivity contribution < 1.29 is 4.74 Å². The zero-order chi connectivity index (χ0) is 19.9. The molecule has 1 aliphatic carbocycles. The van der Waals surface area contributed by atoms with Crippen LogP contribution in [0.3, 0.4) is 0 Å². The third-order valence-corrected chi connectivity index (χ3v) is 6.96. The normalized spacial score (nSPS) is 28.6. The molecule has 1 saturated carbocycles. The number of aryl methyl sites for hydroxylation is 1. The van der Waals surface area contributed by atoms with Gasteiger partial charge in [0.1, 0.15) is 5.56 Å². The van der Waals surface area contributed by atoms with Gasteiger partial charge in [-0.1, -0.05) is 17.7 Å². The fraction of sp³-hybridized carbons (Fsp3) is 0.682. The van der Waals surface area contributed by atoms with Gasteiger partial charge in [-0.2, -0.15) is 0 Å². The standard InChI is InChI=1S/C22H32ClN3O2/c1-15-4-5-19-20(14-15)26(21(27)24-19)17-8-12-25(13-9-17)22(3)10-6-18(7-11-22)28-16(2)23/h4-5,14,16-18H,6-13H2,1-3H3,(H,24,27). The van der Waals surface area contributed by atoms with Crippen LogP contribution < -0.4 is 5.69 Å². The van der Waals surface area contributed by atoms with Crippen molar-refractivity contribution in [1.29, 1.82) is 0 Å². The Morgan fingerprint density at radius 2 is 1.89 bits per heavy atom. The average Bonchev–Trinajstić information content (AvgIpc) is 2.98. The third-order valence-electron chi connectivity index (χ3n) is 6.86. The molecule has 1 aromatic heterocycles. The topological polar surface area (TPSA) is 50.3 Å². The number of ether oxygens (including phenoxy) is 1. The van der Waals surface area contributed by atoms with E-state index in [1.807, 2.05) is 17.6 Å². The van der Waals surface area contributed by atoms with Gasteiger partial charge >= 0.3 is 5.69 Å². The van der Waals surface area contributed by atoms with Crippen molar-refractivity contribution in [3.05, 3.63) is 34.2 Å². The van der Waals surface area contributed by atoms with E-state index in [1.165, 1.54) is 5.56 Å². The molecule has 1 atom stereocenters. The quantitative estimate of drug-likeness (QED) is 0.757. The number of halogens is 1. The van der Waals surface area contributed by atoms with Crippen LogP contribution in [0.4, 0.5) is 0 Å². The number of nitrogens with one attached hydrogen (secondary N) is 1. The summed E-state index contributed by atoms with van der Waals surface area (Å²) in [5, 5.41) is 0. The number of H-pyrrole nitrogens is 1. The molecule has 5 nitrogen and oxygen atoms in total. The van der Waals surface area contributed by atoms with Gasteiger partial charge in [-0.05, 0) is 77.0 Å². The molecule has 0 spiro atoms. The molecule has 0 bridgehead atoms. The number of alkyl halides is 1. The first kappa shape index (κ1) is 20.0. The maximum Gasteiger partial charge on any atom is 0.326 e. The molecule has 0 amide bonds. The van der Waals surface area contributed by atoms with Crippen LogP contribution in [0.25, 0.3) is 11.0 Å². The van der Waals surface area contributed by atoms with Gasteiger partial charge in [0.05, 0.1) is 17.1 Å². The first-order valence-electron chi connectivity index (χ1n) is 10.6. The molecule has 1 saturated heterocycles. The number of aromatic nitrogens is 2. The van der Waals surface area contributed by atoms with E-state index >= 15 is 0 Å². The maximum absolute atomic E-state index is 12.6. The molecule has 154 valence electrons. The summed E-state index contributed by atoms with van der Waals surface area (Å²) in [5.74, 6) is 0. The first-order chi connectivity index (χ1) is 13.4. The lowest BCUT2D eigenvalue weighted by atomic mass is 9.79. The second kappa shape index (κ2) is 7.85. The minimum Gasteiger partial charge on any atom is -0.360 e. The van der Waals surface area contributed by atoms with Crippen molar-refractivity contribution in [2.24, 2.45) is 0 Å². The van der Waals surface area contributed by atoms with Crippen molar-refractivity contribution in [3.8, 4) is 0 Å². The van der Waals surface area contributed by atoms with Gasteiger partial charge in [-0.15, -0.1) is 0 Å². The molecule has 2 fully saturated rings. The van der Waals surface area contributed by atoms with Gasteiger partial charge in [0.2, 0.25) is 0 Å². The molecule has 0 radical (unpaired) electrons. The third kappa shape index (κ3) is 3.89. The Morgan fingerprint density at radius 1 is 1.21 bits per heavy atom. The highest BCUT2D eigenvalue weighted by Crippen LogP contribution is 2.38. The summed E-state index contributed by atoms with van der Waals surface area (Å²) in [7, 11) is 0. The number of aromatic amines is 1. The SMILES string of the molecule is Cc1ccc2[nH]c(=O)n(C3CCN(C4(C)CCC(OC(C)Cl)CC4)CC3)c2c1. The summed E-state index contributed by atoms with van der Waals surface area (Å²) < 4.78 is 7.80. The number of piperidine rings is 1. The number of fused-ring (bicyclic) bond motifs is 1. The highest BCUT2D eigenvalue weighted by molar-refractivity contribution is 6.19. The van der Waals surface area contributed by atoms with Crippen LogP contribution in [0.2, 0.25) is 0 Å². The number of imidazole rings is 1. The van der Waals surface area contributed by atoms with Crippen LogP contribution in [-0.2, 0) is 4.74 Å². The summed E-state index contributed by atoms with van der Waals surface area (Å²) in [4.78, 5) is 18.3. The summed E-state index contributed by atoms with van der Waals surface area (Å²) in [6.45, 7) is 8.46. The van der Waals surface area contributed by atoms with Crippen LogP contribution in [-0.4, -0.2) is 44.7 Å². The van der Waals surface area contributed by atoms with E-state index in [1.54, 1.807) is 0 Å². The number of likely N-dealkylation sites (tertiary alicyclic amines) is 1. The Kier molecular flexibility index (Phi) is 5.60. The Morgan fingerprint density at radius 3 is 2.54 bits per heavy atom. The summed E-state index contributed by atoms with van der Waals surface area (Å²) >= 11 is 6.00. The summed E-state index contributed by atoms with van der Waals surface area (Å²) in [6, 6.07) is 6.47. The first-order valence-corrected chi connectivity index (χ1v) is 11.0. The lowest BCUT2D eigenvalue weighted by molar-refractivity contribution is -0.0367. The summed E-state index contributed by atoms with van der Waals surface area (Å²) in [6.07, 6.45) is 6.80. The van der Waals surface area contributed by atoms with E-state index in [0.717, 1.165) is 62.6 Å². The Labute approximate surface area is 172 Å². The Bertz CT molecular complexity index is 872. The second-order valence-electron chi connectivity index (χ2n) is 8.91. The average molecular weight is 406 g/mol. The monoisotopic (exact) mass is 405 g/mol. The molecule has 1 aromatic carbocycles. The number of benzene rings is 1. The van der Waals surface area contributed by atoms with Gasteiger partial charge in [0.15, 0.2) is 0 Å². The largest absolute Gasteiger partial charge is 0.360 e. The van der Waals surface area contributed by atoms with E-state index in [0.29, 0.717) is 6.10 Å². The lowest BCUT2D eigenvalue weighted by Crippen LogP contribution is -2.53. The minimum absolute atomic E-state index is 0.0260. The number of rotatable bonds is 4. The van der Waals surface area contributed by atoms with Gasteiger partial charge < -0.3 is 9.72 Å². The van der Waals surface area contributed by atoms with Crippen molar-refractivity contribution in [3.63, 3.8) is 0 Å². The van der Waals surface area contributed by atoms with Gasteiger partial charge in [-0.3, -0.25) is 9.47 Å². The molecule has 2 aromatic rings. The predicted molar refractivity (Wildman–Crippen MR) is 114 cm³/mol. The predicted octanol–water partition coefficient (Wildman–Crippen LogP) is 4.58. The van der Waals surface area contributed by atoms with E-state index < -0.39 is 0 Å². The van der Waals surface area contributed by atoms with E-state index in [-0.39, 0.29) is 22.8 Å². The van der Waals surface area contributed by atoms with Crippen molar-refractivity contribution in [1.82, 2.24) is 14.5 Å². The van der Waals surface area contributed by atoms with Crippen molar-refractivity contribution in [2.45, 2.75) is 82.5 Å². The smallest absolute Gasteiger partial charge is 0.326 e. The zero-order valence-corrected chi connectivity index (χ0v) is 18.0. The molecule has 2 heterocycles. The van der Waals surface area contributed by atoms with Crippen LogP contribution >= 0.6 is 11.6 Å². The fourth-order valence-electron chi connectivity index (χ4n) is 5.19. The molecule has 1 N–H and O–H groups in total. The Hall–Kier alpha value is -1.30. The minimum atomic E-state index is -0.205. The zero-order valence-electron chi connectivity index (χ0n) is 17.2. The van der Waals surface area contributed by atoms with E-state index in [9.17, 15) is 4.79 Å². The van der Waals surface area contributed by atoms with Gasteiger partial charge in [0, 0.05) is 24.7 Å². The molecule has 6 heteroatoms. The molecule has 28 heavy (non-hydrogen) atoms. The molecule has 1 unspecified atom stereocenters. The second-order valence-corrected chi connectivity index (χ2v) is 9.53. The molecular formula is C22H32ClN3O2. The highest BCUT2D eigenvalue weighted by atomic mass is 35.5. The van der Waals surface area contributed by atoms with E-state index in [4.69, 9.17) is 16.3 Å². The lowest BCUT2D eigenvalue weighted by Gasteiger charge is -2.48. The van der Waals surface area contributed by atoms with Crippen LogP contribution in [0.15, 0.2) is 23.0 Å². The van der Waals surface area contributed by atoms with Crippen LogP contribution in [0, 0.1) is 6.92 Å². The van der Waals surface area contributed by atoms with Gasteiger partial charge in [0.25, 0.3) is 0 Å². The number of nitrogens with zero attached hydrogens (tertiary/aromatic N) is 2. The molecule has 1 aliphatic heterocycles. The summed E-state index contributed by atoms with van der Waals surface area (Å²) in [5.41, 5.74) is 3.23. The molecule has 2 aliphatic rings. The van der Waals surface area contributed by atoms with Gasteiger partial charge in [-0.25, -0.2) is 4.79 Å². The fourth-order valence-corrected chi connectivity index (χ4v) is 5.33. The highest BCUT2D eigenvalue weighted by Gasteiger charge is 2.39. The molecular weight excluding hydrogens is 374 g/mol.